The molecule has 0 bridgehead atoms. The van der Waals surface area contributed by atoms with E-state index in [1.54, 1.807) is 38.2 Å². The number of carbonyl (C=O) groups excluding carboxylic acids is 1. The standard InChI is InChI=1S/C23H29NO7/c1-4-16(25)21-19(27)18(26)20(28)23(31-21)30-17-9-8-14(10-12(17)2)13-6-5-7-15(11-13)22(29)24-3/h5-11,16,18-21,23,25-28H,4H2,1-3H3,(H,24,29)/t16-,18+,19-,20+,21+,23-/m0/s1. The summed E-state index contributed by atoms with van der Waals surface area (Å²) in [5, 5.41) is 43.2. The van der Waals surface area contributed by atoms with Gasteiger partial charge in [-0.2, -0.15) is 0 Å². The first-order chi connectivity index (χ1) is 14.8. The van der Waals surface area contributed by atoms with Gasteiger partial charge in [0.1, 0.15) is 30.2 Å². The Morgan fingerprint density at radius 1 is 1.10 bits per heavy atom. The number of hydrogen-bond donors (Lipinski definition) is 5. The molecular formula is C23H29NO7. The van der Waals surface area contributed by atoms with Gasteiger partial charge in [-0.05, 0) is 54.3 Å². The van der Waals surface area contributed by atoms with Crippen LogP contribution in [-0.4, -0.2) is 70.2 Å². The first kappa shape index (κ1) is 23.2. The van der Waals surface area contributed by atoms with Crippen molar-refractivity contribution in [1.82, 2.24) is 5.32 Å². The van der Waals surface area contributed by atoms with Crippen molar-refractivity contribution >= 4 is 5.91 Å². The van der Waals surface area contributed by atoms with E-state index in [1.165, 1.54) is 0 Å². The molecule has 1 saturated heterocycles. The van der Waals surface area contributed by atoms with Crippen LogP contribution in [0.3, 0.4) is 0 Å². The van der Waals surface area contributed by atoms with E-state index in [9.17, 15) is 25.2 Å². The van der Waals surface area contributed by atoms with Gasteiger partial charge in [0.2, 0.25) is 6.29 Å². The Hall–Kier alpha value is -2.49. The molecular weight excluding hydrogens is 402 g/mol. The minimum atomic E-state index is -1.52. The summed E-state index contributed by atoms with van der Waals surface area (Å²) in [4.78, 5) is 11.9. The summed E-state index contributed by atoms with van der Waals surface area (Å²) in [7, 11) is 1.58. The van der Waals surface area contributed by atoms with E-state index in [2.05, 4.69) is 5.32 Å². The van der Waals surface area contributed by atoms with Crippen molar-refractivity contribution in [3.8, 4) is 16.9 Å². The summed E-state index contributed by atoms with van der Waals surface area (Å²) in [5.74, 6) is 0.245. The van der Waals surface area contributed by atoms with Gasteiger partial charge in [0.25, 0.3) is 5.91 Å². The van der Waals surface area contributed by atoms with E-state index in [0.717, 1.165) is 16.7 Å². The van der Waals surface area contributed by atoms with Crippen LogP contribution in [0.15, 0.2) is 42.5 Å². The highest BCUT2D eigenvalue weighted by Gasteiger charge is 2.47. The average molecular weight is 431 g/mol. The van der Waals surface area contributed by atoms with Crippen molar-refractivity contribution < 1.29 is 34.7 Å². The second kappa shape index (κ2) is 9.76. The van der Waals surface area contributed by atoms with Gasteiger partial charge >= 0.3 is 0 Å². The van der Waals surface area contributed by atoms with Crippen LogP contribution in [0.4, 0.5) is 0 Å². The maximum absolute atomic E-state index is 11.9. The topological polar surface area (TPSA) is 128 Å². The molecule has 1 aliphatic rings. The fourth-order valence-corrected chi connectivity index (χ4v) is 3.59. The lowest BCUT2D eigenvalue weighted by atomic mass is 9.94. The summed E-state index contributed by atoms with van der Waals surface area (Å²) in [6.45, 7) is 3.54. The molecule has 1 amide bonds. The smallest absolute Gasteiger partial charge is 0.251 e. The molecule has 0 aromatic heterocycles. The number of nitrogens with one attached hydrogen (secondary N) is 1. The lowest BCUT2D eigenvalue weighted by Crippen LogP contribution is -2.61. The summed E-state index contributed by atoms with van der Waals surface area (Å²) in [5.41, 5.74) is 3.02. The molecule has 2 aromatic rings. The molecule has 1 fully saturated rings. The highest BCUT2D eigenvalue weighted by Crippen LogP contribution is 2.31. The Kier molecular flexibility index (Phi) is 7.30. The Morgan fingerprint density at radius 3 is 2.45 bits per heavy atom. The first-order valence-corrected chi connectivity index (χ1v) is 10.2. The van der Waals surface area contributed by atoms with Crippen LogP contribution in [0.2, 0.25) is 0 Å². The van der Waals surface area contributed by atoms with Gasteiger partial charge in [-0.25, -0.2) is 0 Å². The third kappa shape index (κ3) is 4.89. The van der Waals surface area contributed by atoms with E-state index in [1.807, 2.05) is 25.1 Å². The average Bonchev–Trinajstić information content (AvgIpc) is 2.79. The number of carbonyl (C=O) groups is 1. The van der Waals surface area contributed by atoms with Gasteiger partial charge < -0.3 is 35.2 Å². The van der Waals surface area contributed by atoms with Crippen LogP contribution in [0.1, 0.15) is 29.3 Å². The number of aliphatic hydroxyl groups is 4. The zero-order valence-electron chi connectivity index (χ0n) is 17.7. The second-order valence-electron chi connectivity index (χ2n) is 7.67. The Labute approximate surface area is 181 Å². The molecule has 1 heterocycles. The van der Waals surface area contributed by atoms with Crippen molar-refractivity contribution in [1.29, 1.82) is 0 Å². The number of aryl methyl sites for hydroxylation is 1. The van der Waals surface area contributed by atoms with Crippen molar-refractivity contribution in [2.45, 2.75) is 57.1 Å². The van der Waals surface area contributed by atoms with Crippen molar-refractivity contribution in [3.63, 3.8) is 0 Å². The number of rotatable bonds is 6. The minimum absolute atomic E-state index is 0.175. The zero-order chi connectivity index (χ0) is 22.7. The van der Waals surface area contributed by atoms with Gasteiger partial charge in [-0.3, -0.25) is 4.79 Å². The molecule has 3 rings (SSSR count). The van der Waals surface area contributed by atoms with Gasteiger partial charge in [0, 0.05) is 12.6 Å². The quantitative estimate of drug-likeness (QED) is 0.461. The first-order valence-electron chi connectivity index (χ1n) is 10.2. The summed E-state index contributed by atoms with van der Waals surface area (Å²) in [6.07, 6.45) is -7.48. The Bertz CT molecular complexity index is 919. The van der Waals surface area contributed by atoms with Gasteiger partial charge in [-0.15, -0.1) is 0 Å². The van der Waals surface area contributed by atoms with Crippen LogP contribution in [0.25, 0.3) is 11.1 Å². The third-order valence-electron chi connectivity index (χ3n) is 5.51. The van der Waals surface area contributed by atoms with E-state index < -0.39 is 36.8 Å². The van der Waals surface area contributed by atoms with Crippen LogP contribution >= 0.6 is 0 Å². The lowest BCUT2D eigenvalue weighted by molar-refractivity contribution is -0.288. The molecule has 1 aliphatic heterocycles. The van der Waals surface area contributed by atoms with Crippen LogP contribution in [0, 0.1) is 6.92 Å². The second-order valence-corrected chi connectivity index (χ2v) is 7.67. The predicted molar refractivity (Wildman–Crippen MR) is 114 cm³/mol. The number of hydrogen-bond acceptors (Lipinski definition) is 7. The molecule has 8 nitrogen and oxygen atoms in total. The third-order valence-corrected chi connectivity index (χ3v) is 5.51. The van der Waals surface area contributed by atoms with E-state index in [4.69, 9.17) is 9.47 Å². The number of ether oxygens (including phenoxy) is 2. The van der Waals surface area contributed by atoms with Crippen molar-refractivity contribution in [3.05, 3.63) is 53.6 Å². The molecule has 5 N–H and O–H groups in total. The number of aliphatic hydroxyl groups excluding tert-OH is 4. The number of benzene rings is 2. The number of amides is 1. The van der Waals surface area contributed by atoms with Gasteiger partial charge in [0.15, 0.2) is 0 Å². The summed E-state index contributed by atoms with van der Waals surface area (Å²) in [6, 6.07) is 12.6. The Morgan fingerprint density at radius 2 is 1.81 bits per heavy atom. The molecule has 6 atom stereocenters. The zero-order valence-corrected chi connectivity index (χ0v) is 17.7. The molecule has 0 aliphatic carbocycles. The van der Waals surface area contributed by atoms with Gasteiger partial charge in [-0.1, -0.05) is 25.1 Å². The van der Waals surface area contributed by atoms with Crippen molar-refractivity contribution in [2.24, 2.45) is 0 Å². The molecule has 0 saturated carbocycles. The monoisotopic (exact) mass is 431 g/mol. The minimum Gasteiger partial charge on any atom is -0.462 e. The highest BCUT2D eigenvalue weighted by molar-refractivity contribution is 5.95. The molecule has 2 aromatic carbocycles. The molecule has 0 spiro atoms. The van der Waals surface area contributed by atoms with E-state index in [-0.39, 0.29) is 5.91 Å². The summed E-state index contributed by atoms with van der Waals surface area (Å²) < 4.78 is 11.4. The van der Waals surface area contributed by atoms with E-state index >= 15 is 0 Å². The van der Waals surface area contributed by atoms with E-state index in [0.29, 0.717) is 17.7 Å². The fraction of sp³-hybridized carbons (Fsp3) is 0.435. The largest absolute Gasteiger partial charge is 0.462 e. The highest BCUT2D eigenvalue weighted by atomic mass is 16.7. The predicted octanol–water partition coefficient (Wildman–Crippen LogP) is 0.979. The fourth-order valence-electron chi connectivity index (χ4n) is 3.59. The maximum Gasteiger partial charge on any atom is 0.251 e. The van der Waals surface area contributed by atoms with Crippen LogP contribution < -0.4 is 10.1 Å². The maximum atomic E-state index is 11.9. The normalized spacial score (nSPS) is 26.9. The summed E-state index contributed by atoms with van der Waals surface area (Å²) >= 11 is 0. The van der Waals surface area contributed by atoms with Crippen LogP contribution in [0.5, 0.6) is 5.75 Å². The molecule has 0 unspecified atom stereocenters. The SMILES string of the molecule is CC[C@H](O)[C@H]1O[C@H](Oc2ccc(-c3cccc(C(=O)NC)c3)cc2C)[C@H](O)[C@H](O)[C@@H]1O. The molecule has 8 heteroatoms. The molecule has 168 valence electrons. The van der Waals surface area contributed by atoms with Crippen molar-refractivity contribution in [2.75, 3.05) is 7.05 Å². The molecule has 31 heavy (non-hydrogen) atoms. The van der Waals surface area contributed by atoms with Gasteiger partial charge in [0.05, 0.1) is 6.10 Å². The van der Waals surface area contributed by atoms with Crippen LogP contribution in [-0.2, 0) is 4.74 Å². The lowest BCUT2D eigenvalue weighted by Gasteiger charge is -2.41. The Balaban J connectivity index is 1.81. The molecule has 0 radical (unpaired) electrons.